The Labute approximate surface area is 99.1 Å². The molecule has 16 heavy (non-hydrogen) atoms. The molecule has 1 aliphatic rings. The Morgan fingerprint density at radius 2 is 2.06 bits per heavy atom. The first-order valence-corrected chi connectivity index (χ1v) is 6.25. The zero-order chi connectivity index (χ0) is 12.4. The molecule has 0 spiro atoms. The lowest BCUT2D eigenvalue weighted by Gasteiger charge is -2.21. The van der Waals surface area contributed by atoms with E-state index in [-0.39, 0.29) is 0 Å². The number of hydrogen-bond acceptors (Lipinski definition) is 2. The molecular formula is C13H25NO2. The van der Waals surface area contributed by atoms with Crippen molar-refractivity contribution in [2.75, 3.05) is 13.1 Å². The molecule has 0 aromatic rings. The predicted molar refractivity (Wildman–Crippen MR) is 67.4 cm³/mol. The van der Waals surface area contributed by atoms with Gasteiger partial charge in [-0.2, -0.15) is 0 Å². The van der Waals surface area contributed by atoms with Gasteiger partial charge in [0.25, 0.3) is 5.97 Å². The molecule has 0 fully saturated rings. The average molecular weight is 227 g/mol. The summed E-state index contributed by atoms with van der Waals surface area (Å²) in [5.41, 5.74) is 1.58. The maximum absolute atomic E-state index is 9.00. The number of nitrogens with zero attached hydrogens (tertiary/aromatic N) is 1. The minimum Gasteiger partial charge on any atom is -0.481 e. The molecule has 3 nitrogen and oxygen atoms in total. The van der Waals surface area contributed by atoms with Crippen molar-refractivity contribution in [1.29, 1.82) is 0 Å². The Balaban J connectivity index is 0.000000487. The smallest absolute Gasteiger partial charge is 0.300 e. The van der Waals surface area contributed by atoms with Crippen molar-refractivity contribution in [1.82, 2.24) is 4.90 Å². The van der Waals surface area contributed by atoms with Crippen LogP contribution in [-0.4, -0.2) is 29.1 Å². The molecule has 0 saturated carbocycles. The normalized spacial score (nSPS) is 14.2. The first-order valence-electron chi connectivity index (χ1n) is 6.25. The summed E-state index contributed by atoms with van der Waals surface area (Å²) in [5, 5.41) is 7.42. The molecule has 3 heteroatoms. The molecule has 0 atom stereocenters. The summed E-state index contributed by atoms with van der Waals surface area (Å²) in [6, 6.07) is 0. The fraction of sp³-hybridized carbons (Fsp3) is 0.769. The van der Waals surface area contributed by atoms with Crippen molar-refractivity contribution in [2.45, 2.75) is 52.9 Å². The summed E-state index contributed by atoms with van der Waals surface area (Å²) in [6.07, 6.45) is 8.97. The third kappa shape index (κ3) is 7.32. The van der Waals surface area contributed by atoms with Crippen LogP contribution in [0.4, 0.5) is 0 Å². The number of unbranched alkanes of at least 4 members (excludes halogenated alkanes) is 2. The van der Waals surface area contributed by atoms with E-state index in [0.29, 0.717) is 0 Å². The minimum absolute atomic E-state index is 0.833. The minimum atomic E-state index is -0.833. The van der Waals surface area contributed by atoms with Crippen molar-refractivity contribution in [3.8, 4) is 0 Å². The number of carbonyl (C=O) groups is 1. The zero-order valence-electron chi connectivity index (χ0n) is 10.8. The van der Waals surface area contributed by atoms with Crippen molar-refractivity contribution in [3.63, 3.8) is 0 Å². The fourth-order valence-electron chi connectivity index (χ4n) is 1.84. The average Bonchev–Trinajstić information content (AvgIpc) is 2.65. The van der Waals surface area contributed by atoms with Crippen molar-refractivity contribution >= 4 is 5.97 Å². The van der Waals surface area contributed by atoms with E-state index in [9.17, 15) is 0 Å². The van der Waals surface area contributed by atoms with E-state index in [1.165, 1.54) is 45.2 Å². The van der Waals surface area contributed by atoms with Crippen molar-refractivity contribution in [3.05, 3.63) is 11.8 Å². The molecule has 0 aromatic heterocycles. The van der Waals surface area contributed by atoms with Gasteiger partial charge < -0.3 is 10.0 Å². The number of allylic oxidation sites excluding steroid dienone is 1. The second kappa shape index (κ2) is 9.25. The van der Waals surface area contributed by atoms with Crippen LogP contribution in [0.2, 0.25) is 0 Å². The van der Waals surface area contributed by atoms with Gasteiger partial charge in [-0.05, 0) is 19.3 Å². The highest BCUT2D eigenvalue weighted by atomic mass is 16.4. The van der Waals surface area contributed by atoms with Crippen LogP contribution in [0.1, 0.15) is 52.9 Å². The monoisotopic (exact) mass is 227 g/mol. The highest BCUT2D eigenvalue weighted by molar-refractivity contribution is 5.62. The van der Waals surface area contributed by atoms with Gasteiger partial charge in [0.2, 0.25) is 0 Å². The zero-order valence-corrected chi connectivity index (χ0v) is 10.8. The molecule has 0 saturated heterocycles. The number of carboxylic acid groups (broad SMARTS) is 1. The van der Waals surface area contributed by atoms with Crippen LogP contribution in [0.15, 0.2) is 11.8 Å². The standard InChI is InChI=1S/C11H21N.C2H4O2/c1-3-5-6-9-12-10-7-8-11(12)4-2;1-2(3)4/h8H,3-7,9-10H2,1-2H3;1H3,(H,3,4). The topological polar surface area (TPSA) is 40.5 Å². The Morgan fingerprint density at radius 3 is 2.56 bits per heavy atom. The Morgan fingerprint density at radius 1 is 1.44 bits per heavy atom. The predicted octanol–water partition coefficient (Wildman–Crippen LogP) is 3.27. The van der Waals surface area contributed by atoms with Crippen LogP contribution in [0, 0.1) is 0 Å². The van der Waals surface area contributed by atoms with E-state index >= 15 is 0 Å². The third-order valence-electron chi connectivity index (χ3n) is 2.58. The summed E-state index contributed by atoms with van der Waals surface area (Å²) in [7, 11) is 0. The molecule has 1 aliphatic heterocycles. The first-order chi connectivity index (χ1) is 7.61. The maximum atomic E-state index is 9.00. The lowest BCUT2D eigenvalue weighted by atomic mass is 10.2. The highest BCUT2D eigenvalue weighted by Crippen LogP contribution is 2.18. The summed E-state index contributed by atoms with van der Waals surface area (Å²) in [6.45, 7) is 8.16. The second-order valence-corrected chi connectivity index (χ2v) is 4.05. The van der Waals surface area contributed by atoms with E-state index in [0.717, 1.165) is 6.92 Å². The van der Waals surface area contributed by atoms with Crippen LogP contribution in [0.25, 0.3) is 0 Å². The van der Waals surface area contributed by atoms with Gasteiger partial charge in [-0.25, -0.2) is 0 Å². The summed E-state index contributed by atoms with van der Waals surface area (Å²) in [4.78, 5) is 11.6. The van der Waals surface area contributed by atoms with Gasteiger partial charge in [0.05, 0.1) is 0 Å². The van der Waals surface area contributed by atoms with Gasteiger partial charge in [-0.1, -0.05) is 32.8 Å². The molecule has 94 valence electrons. The maximum Gasteiger partial charge on any atom is 0.300 e. The summed E-state index contributed by atoms with van der Waals surface area (Å²) >= 11 is 0. The number of hydrogen-bond donors (Lipinski definition) is 1. The molecule has 0 aliphatic carbocycles. The van der Waals surface area contributed by atoms with E-state index in [4.69, 9.17) is 9.90 Å². The lowest BCUT2D eigenvalue weighted by Crippen LogP contribution is -2.20. The first kappa shape index (κ1) is 15.0. The molecule has 1 N–H and O–H groups in total. The molecule has 0 bridgehead atoms. The van der Waals surface area contributed by atoms with Crippen LogP contribution in [0.5, 0.6) is 0 Å². The van der Waals surface area contributed by atoms with Gasteiger partial charge in [0, 0.05) is 25.7 Å². The molecule has 1 rings (SSSR count). The highest BCUT2D eigenvalue weighted by Gasteiger charge is 2.11. The quantitative estimate of drug-likeness (QED) is 0.733. The van der Waals surface area contributed by atoms with E-state index < -0.39 is 5.97 Å². The third-order valence-corrected chi connectivity index (χ3v) is 2.58. The van der Waals surface area contributed by atoms with Gasteiger partial charge in [0.15, 0.2) is 0 Å². The molecule has 0 radical (unpaired) electrons. The van der Waals surface area contributed by atoms with Crippen molar-refractivity contribution in [2.24, 2.45) is 0 Å². The van der Waals surface area contributed by atoms with E-state index in [1.807, 2.05) is 0 Å². The fourth-order valence-corrected chi connectivity index (χ4v) is 1.84. The Hall–Kier alpha value is -0.990. The van der Waals surface area contributed by atoms with Crippen LogP contribution < -0.4 is 0 Å². The SMILES string of the molecule is CC(=O)O.CCCCCN1CCC=C1CC. The molecule has 1 heterocycles. The van der Waals surface area contributed by atoms with Gasteiger partial charge in [-0.15, -0.1) is 0 Å². The van der Waals surface area contributed by atoms with Gasteiger partial charge in [-0.3, -0.25) is 4.79 Å². The van der Waals surface area contributed by atoms with Gasteiger partial charge in [0.1, 0.15) is 0 Å². The van der Waals surface area contributed by atoms with Crippen molar-refractivity contribution < 1.29 is 9.90 Å². The molecule has 0 unspecified atom stereocenters. The van der Waals surface area contributed by atoms with Crippen LogP contribution in [-0.2, 0) is 4.79 Å². The van der Waals surface area contributed by atoms with E-state index in [1.54, 1.807) is 5.70 Å². The summed E-state index contributed by atoms with van der Waals surface area (Å²) < 4.78 is 0. The summed E-state index contributed by atoms with van der Waals surface area (Å²) in [5.74, 6) is -0.833. The molecular weight excluding hydrogens is 202 g/mol. The Kier molecular flexibility index (Phi) is 8.68. The number of aliphatic carboxylic acids is 1. The van der Waals surface area contributed by atoms with Crippen LogP contribution in [0.3, 0.4) is 0 Å². The van der Waals surface area contributed by atoms with Crippen LogP contribution >= 0.6 is 0 Å². The molecule has 0 aromatic carbocycles. The molecule has 0 amide bonds. The van der Waals surface area contributed by atoms with Gasteiger partial charge >= 0.3 is 0 Å². The number of rotatable bonds is 5. The largest absolute Gasteiger partial charge is 0.481 e. The lowest BCUT2D eigenvalue weighted by molar-refractivity contribution is -0.134. The number of carboxylic acids is 1. The second-order valence-electron chi connectivity index (χ2n) is 4.05. The Bertz CT molecular complexity index is 220. The van der Waals surface area contributed by atoms with E-state index in [2.05, 4.69) is 24.8 Å².